The van der Waals surface area contributed by atoms with Gasteiger partial charge in [0.1, 0.15) is 0 Å². The Morgan fingerprint density at radius 2 is 2.17 bits per heavy atom. The normalized spacial score (nSPS) is 19.6. The summed E-state index contributed by atoms with van der Waals surface area (Å²) < 4.78 is 0. The molecule has 0 aromatic heterocycles. The van der Waals surface area contributed by atoms with Gasteiger partial charge in [0.15, 0.2) is 0 Å². The summed E-state index contributed by atoms with van der Waals surface area (Å²) >= 11 is 0. The average Bonchev–Trinajstić information content (AvgIpc) is 2.45. The minimum atomic E-state index is 0.448. The molecule has 3 heteroatoms. The van der Waals surface area contributed by atoms with Crippen molar-refractivity contribution in [3.8, 4) is 6.07 Å². The Kier molecular flexibility index (Phi) is 4.60. The number of aryl methyl sites for hydroxylation is 1. The fourth-order valence-electron chi connectivity index (χ4n) is 2.51. The van der Waals surface area contributed by atoms with Crippen LogP contribution in [-0.4, -0.2) is 25.7 Å². The van der Waals surface area contributed by atoms with Gasteiger partial charge in [-0.15, -0.1) is 0 Å². The van der Waals surface area contributed by atoms with Crippen LogP contribution in [0.25, 0.3) is 0 Å². The highest BCUT2D eigenvalue weighted by molar-refractivity contribution is 5.48. The predicted molar refractivity (Wildman–Crippen MR) is 74.7 cm³/mol. The molecule has 96 valence electrons. The van der Waals surface area contributed by atoms with Crippen molar-refractivity contribution in [2.24, 2.45) is 0 Å². The Morgan fingerprint density at radius 3 is 2.83 bits per heavy atom. The van der Waals surface area contributed by atoms with Crippen molar-refractivity contribution in [1.29, 1.82) is 5.26 Å². The summed E-state index contributed by atoms with van der Waals surface area (Å²) in [7, 11) is 0. The van der Waals surface area contributed by atoms with E-state index in [0.29, 0.717) is 12.6 Å². The van der Waals surface area contributed by atoms with E-state index >= 15 is 0 Å². The molecule has 1 aliphatic heterocycles. The first kappa shape index (κ1) is 12.9. The second-order valence-corrected chi connectivity index (χ2v) is 4.84. The van der Waals surface area contributed by atoms with Crippen LogP contribution in [0.3, 0.4) is 0 Å². The first-order valence-electron chi connectivity index (χ1n) is 6.77. The highest BCUT2D eigenvalue weighted by Gasteiger charge is 2.19. The largest absolute Gasteiger partial charge is 0.370 e. The van der Waals surface area contributed by atoms with Gasteiger partial charge in [-0.2, -0.15) is 5.26 Å². The van der Waals surface area contributed by atoms with Crippen molar-refractivity contribution in [3.05, 3.63) is 29.8 Å². The fraction of sp³-hybridized carbons (Fsp3) is 0.533. The van der Waals surface area contributed by atoms with Crippen LogP contribution in [0.2, 0.25) is 0 Å². The summed E-state index contributed by atoms with van der Waals surface area (Å²) in [6.07, 6.45) is 3.45. The molecule has 0 aliphatic carbocycles. The summed E-state index contributed by atoms with van der Waals surface area (Å²) in [5, 5.41) is 11.9. The number of nitriles is 1. The molecular weight excluding hydrogens is 222 g/mol. The van der Waals surface area contributed by atoms with Crippen molar-refractivity contribution in [3.63, 3.8) is 0 Å². The standard InChI is InChI=1S/C15H21N3/c1-2-13-5-7-15(8-6-13)18-11-3-4-14(12-18)17-10-9-16/h5-8,14,17H,2-4,10-12H2,1H3. The van der Waals surface area contributed by atoms with Gasteiger partial charge >= 0.3 is 0 Å². The molecule has 2 rings (SSSR count). The molecule has 1 aromatic carbocycles. The molecule has 1 saturated heterocycles. The van der Waals surface area contributed by atoms with Crippen LogP contribution in [-0.2, 0) is 6.42 Å². The predicted octanol–water partition coefficient (Wildman–Crippen LogP) is 2.33. The number of hydrogen-bond acceptors (Lipinski definition) is 3. The number of nitrogens with zero attached hydrogens (tertiary/aromatic N) is 2. The zero-order valence-corrected chi connectivity index (χ0v) is 11.0. The number of hydrogen-bond donors (Lipinski definition) is 1. The number of anilines is 1. The van der Waals surface area contributed by atoms with Gasteiger partial charge in [0, 0.05) is 24.8 Å². The van der Waals surface area contributed by atoms with E-state index in [1.54, 1.807) is 0 Å². The molecule has 1 unspecified atom stereocenters. The first-order chi connectivity index (χ1) is 8.83. The Bertz CT molecular complexity index is 405. The summed E-state index contributed by atoms with van der Waals surface area (Å²) in [4.78, 5) is 2.41. The van der Waals surface area contributed by atoms with E-state index in [1.807, 2.05) is 0 Å². The van der Waals surface area contributed by atoms with Crippen LogP contribution in [0.1, 0.15) is 25.3 Å². The Hall–Kier alpha value is -1.53. The molecule has 1 N–H and O–H groups in total. The van der Waals surface area contributed by atoms with Gasteiger partial charge in [-0.3, -0.25) is 5.32 Å². The van der Waals surface area contributed by atoms with Crippen LogP contribution < -0.4 is 10.2 Å². The Balaban J connectivity index is 1.97. The summed E-state index contributed by atoms with van der Waals surface area (Å²) in [6, 6.07) is 11.5. The minimum Gasteiger partial charge on any atom is -0.370 e. The highest BCUT2D eigenvalue weighted by atomic mass is 15.2. The molecule has 0 saturated carbocycles. The zero-order chi connectivity index (χ0) is 12.8. The van der Waals surface area contributed by atoms with Gasteiger partial charge < -0.3 is 4.90 Å². The molecule has 1 aromatic rings. The maximum absolute atomic E-state index is 8.61. The minimum absolute atomic E-state index is 0.448. The second kappa shape index (κ2) is 6.42. The van der Waals surface area contributed by atoms with E-state index in [1.165, 1.54) is 24.1 Å². The van der Waals surface area contributed by atoms with Gasteiger partial charge in [-0.25, -0.2) is 0 Å². The van der Waals surface area contributed by atoms with Gasteiger partial charge in [0.2, 0.25) is 0 Å². The lowest BCUT2D eigenvalue weighted by molar-refractivity contribution is 0.439. The lowest BCUT2D eigenvalue weighted by atomic mass is 10.0. The van der Waals surface area contributed by atoms with E-state index in [0.717, 1.165) is 19.5 Å². The van der Waals surface area contributed by atoms with Crippen LogP contribution in [0.4, 0.5) is 5.69 Å². The second-order valence-electron chi connectivity index (χ2n) is 4.84. The Labute approximate surface area is 109 Å². The van der Waals surface area contributed by atoms with E-state index in [-0.39, 0.29) is 0 Å². The van der Waals surface area contributed by atoms with Gasteiger partial charge in [-0.1, -0.05) is 19.1 Å². The summed E-state index contributed by atoms with van der Waals surface area (Å²) in [5.74, 6) is 0. The lowest BCUT2D eigenvalue weighted by Gasteiger charge is -2.34. The number of rotatable bonds is 4. The molecule has 18 heavy (non-hydrogen) atoms. The molecule has 0 bridgehead atoms. The van der Waals surface area contributed by atoms with E-state index in [2.05, 4.69) is 47.5 Å². The molecule has 0 spiro atoms. The summed E-state index contributed by atoms with van der Waals surface area (Å²) in [5.41, 5.74) is 2.69. The smallest absolute Gasteiger partial charge is 0.0843 e. The quantitative estimate of drug-likeness (QED) is 0.825. The van der Waals surface area contributed by atoms with Crippen molar-refractivity contribution in [1.82, 2.24) is 5.32 Å². The van der Waals surface area contributed by atoms with Crippen molar-refractivity contribution < 1.29 is 0 Å². The molecule has 1 fully saturated rings. The third kappa shape index (κ3) is 3.24. The van der Waals surface area contributed by atoms with Crippen LogP contribution in [0.5, 0.6) is 0 Å². The molecule has 3 nitrogen and oxygen atoms in total. The van der Waals surface area contributed by atoms with Gasteiger partial charge in [-0.05, 0) is 37.0 Å². The zero-order valence-electron chi connectivity index (χ0n) is 11.0. The molecule has 1 atom stereocenters. The first-order valence-corrected chi connectivity index (χ1v) is 6.77. The monoisotopic (exact) mass is 243 g/mol. The maximum atomic E-state index is 8.61. The molecule has 1 heterocycles. The van der Waals surface area contributed by atoms with Gasteiger partial charge in [0.05, 0.1) is 12.6 Å². The fourth-order valence-corrected chi connectivity index (χ4v) is 2.51. The number of nitrogens with one attached hydrogen (secondary N) is 1. The van der Waals surface area contributed by atoms with Crippen LogP contribution in [0, 0.1) is 11.3 Å². The maximum Gasteiger partial charge on any atom is 0.0843 e. The summed E-state index contributed by atoms with van der Waals surface area (Å²) in [6.45, 7) is 4.76. The molecule has 0 radical (unpaired) electrons. The SMILES string of the molecule is CCc1ccc(N2CCCC(NCC#N)C2)cc1. The van der Waals surface area contributed by atoms with Crippen LogP contribution >= 0.6 is 0 Å². The Morgan fingerprint density at radius 1 is 1.39 bits per heavy atom. The highest BCUT2D eigenvalue weighted by Crippen LogP contribution is 2.20. The third-order valence-corrected chi connectivity index (χ3v) is 3.60. The molecule has 0 amide bonds. The topological polar surface area (TPSA) is 39.1 Å². The van der Waals surface area contributed by atoms with Crippen molar-refractivity contribution in [2.45, 2.75) is 32.2 Å². The van der Waals surface area contributed by atoms with Crippen molar-refractivity contribution >= 4 is 5.69 Å². The van der Waals surface area contributed by atoms with E-state index < -0.39 is 0 Å². The molecule has 1 aliphatic rings. The van der Waals surface area contributed by atoms with E-state index in [4.69, 9.17) is 5.26 Å². The van der Waals surface area contributed by atoms with Gasteiger partial charge in [0.25, 0.3) is 0 Å². The third-order valence-electron chi connectivity index (χ3n) is 3.60. The van der Waals surface area contributed by atoms with Crippen molar-refractivity contribution in [2.75, 3.05) is 24.5 Å². The van der Waals surface area contributed by atoms with E-state index in [9.17, 15) is 0 Å². The number of benzene rings is 1. The number of piperidine rings is 1. The lowest BCUT2D eigenvalue weighted by Crippen LogP contribution is -2.45. The van der Waals surface area contributed by atoms with Crippen LogP contribution in [0.15, 0.2) is 24.3 Å². The molecular formula is C15H21N3. The average molecular weight is 243 g/mol.